The summed E-state index contributed by atoms with van der Waals surface area (Å²) in [6.45, 7) is 2.08. The molecule has 0 aliphatic heterocycles. The number of anilines is 1. The molecule has 0 amide bonds. The minimum absolute atomic E-state index is 0.871. The molecule has 0 aromatic carbocycles. The van der Waals surface area contributed by atoms with E-state index in [1.54, 1.807) is 18.9 Å². The molecular formula is C10H13N5. The topological polar surface area (TPSA) is 55.6 Å². The maximum absolute atomic E-state index is 4.27. The molecule has 2 aromatic heterocycles. The van der Waals surface area contributed by atoms with Crippen molar-refractivity contribution in [2.45, 2.75) is 13.3 Å². The molecule has 0 bridgehead atoms. The summed E-state index contributed by atoms with van der Waals surface area (Å²) in [6.07, 6.45) is 7.79. The second-order valence-electron chi connectivity index (χ2n) is 3.10. The summed E-state index contributed by atoms with van der Waals surface area (Å²) in [4.78, 5) is 12.5. The van der Waals surface area contributed by atoms with E-state index in [1.807, 2.05) is 17.8 Å². The third-order valence-corrected chi connectivity index (χ3v) is 2.26. The molecule has 0 radical (unpaired) electrons. The van der Waals surface area contributed by atoms with E-state index >= 15 is 0 Å². The Morgan fingerprint density at radius 3 is 2.87 bits per heavy atom. The molecule has 2 heterocycles. The van der Waals surface area contributed by atoms with Crippen LogP contribution in [0.4, 0.5) is 5.82 Å². The highest BCUT2D eigenvalue weighted by atomic mass is 15.1. The Morgan fingerprint density at radius 2 is 2.27 bits per heavy atom. The maximum atomic E-state index is 4.27. The fourth-order valence-electron chi connectivity index (χ4n) is 1.55. The van der Waals surface area contributed by atoms with Crippen molar-refractivity contribution < 1.29 is 0 Å². The summed E-state index contributed by atoms with van der Waals surface area (Å²) >= 11 is 0. The number of hydrogen-bond acceptors (Lipinski definition) is 4. The van der Waals surface area contributed by atoms with E-state index in [9.17, 15) is 0 Å². The molecule has 0 atom stereocenters. The van der Waals surface area contributed by atoms with Crippen LogP contribution in [0.3, 0.4) is 0 Å². The molecule has 2 aromatic rings. The van der Waals surface area contributed by atoms with Gasteiger partial charge in [-0.05, 0) is 6.42 Å². The van der Waals surface area contributed by atoms with Crippen molar-refractivity contribution in [1.29, 1.82) is 0 Å². The SMILES string of the molecule is CCc1c(NC)ncnc1-n1ccnc1. The number of imidazole rings is 1. The lowest BCUT2D eigenvalue weighted by Crippen LogP contribution is -2.06. The summed E-state index contributed by atoms with van der Waals surface area (Å²) in [6, 6.07) is 0. The zero-order chi connectivity index (χ0) is 10.7. The Morgan fingerprint density at radius 1 is 1.40 bits per heavy atom. The zero-order valence-electron chi connectivity index (χ0n) is 8.81. The fraction of sp³-hybridized carbons (Fsp3) is 0.300. The summed E-state index contributed by atoms with van der Waals surface area (Å²) in [5.74, 6) is 1.76. The lowest BCUT2D eigenvalue weighted by Gasteiger charge is -2.10. The van der Waals surface area contributed by atoms with Gasteiger partial charge in [0.15, 0.2) is 0 Å². The quantitative estimate of drug-likeness (QED) is 0.816. The molecule has 0 fully saturated rings. The first-order valence-electron chi connectivity index (χ1n) is 4.86. The Balaban J connectivity index is 2.56. The van der Waals surface area contributed by atoms with Crippen LogP contribution >= 0.6 is 0 Å². The Hall–Kier alpha value is -1.91. The maximum Gasteiger partial charge on any atom is 0.146 e. The predicted molar refractivity (Wildman–Crippen MR) is 58.1 cm³/mol. The van der Waals surface area contributed by atoms with Crippen LogP contribution in [0, 0.1) is 0 Å². The van der Waals surface area contributed by atoms with Crippen LogP contribution in [0.1, 0.15) is 12.5 Å². The molecule has 15 heavy (non-hydrogen) atoms. The van der Waals surface area contributed by atoms with Crippen molar-refractivity contribution in [2.75, 3.05) is 12.4 Å². The molecule has 0 aliphatic carbocycles. The van der Waals surface area contributed by atoms with E-state index in [2.05, 4.69) is 27.2 Å². The smallest absolute Gasteiger partial charge is 0.146 e. The predicted octanol–water partition coefficient (Wildman–Crippen LogP) is 1.27. The molecule has 5 nitrogen and oxygen atoms in total. The van der Waals surface area contributed by atoms with Gasteiger partial charge < -0.3 is 5.32 Å². The van der Waals surface area contributed by atoms with E-state index in [-0.39, 0.29) is 0 Å². The minimum Gasteiger partial charge on any atom is -0.373 e. The van der Waals surface area contributed by atoms with Crippen LogP contribution in [0.25, 0.3) is 5.82 Å². The number of hydrogen-bond donors (Lipinski definition) is 1. The lowest BCUT2D eigenvalue weighted by molar-refractivity contribution is 0.923. The second-order valence-corrected chi connectivity index (χ2v) is 3.10. The Labute approximate surface area is 88.2 Å². The van der Waals surface area contributed by atoms with Gasteiger partial charge in [0.2, 0.25) is 0 Å². The largest absolute Gasteiger partial charge is 0.373 e. The van der Waals surface area contributed by atoms with Crippen molar-refractivity contribution in [1.82, 2.24) is 19.5 Å². The van der Waals surface area contributed by atoms with Gasteiger partial charge in [0.05, 0.1) is 0 Å². The molecule has 0 spiro atoms. The summed E-state index contributed by atoms with van der Waals surface area (Å²) in [5, 5.41) is 3.06. The van der Waals surface area contributed by atoms with Crippen LogP contribution in [-0.4, -0.2) is 26.6 Å². The molecule has 0 unspecified atom stereocenters. The lowest BCUT2D eigenvalue weighted by atomic mass is 10.2. The van der Waals surface area contributed by atoms with Crippen LogP contribution in [0.2, 0.25) is 0 Å². The van der Waals surface area contributed by atoms with Crippen LogP contribution < -0.4 is 5.32 Å². The minimum atomic E-state index is 0.871. The fourth-order valence-corrected chi connectivity index (χ4v) is 1.55. The van der Waals surface area contributed by atoms with Gasteiger partial charge in [-0.1, -0.05) is 6.92 Å². The molecule has 1 N–H and O–H groups in total. The highest BCUT2D eigenvalue weighted by Crippen LogP contribution is 2.18. The van der Waals surface area contributed by atoms with E-state index in [4.69, 9.17) is 0 Å². The normalized spacial score (nSPS) is 10.3. The van der Waals surface area contributed by atoms with Gasteiger partial charge in [-0.2, -0.15) is 0 Å². The van der Waals surface area contributed by atoms with Crippen LogP contribution in [0.5, 0.6) is 0 Å². The van der Waals surface area contributed by atoms with Gasteiger partial charge in [-0.15, -0.1) is 0 Å². The van der Waals surface area contributed by atoms with Crippen molar-refractivity contribution in [3.05, 3.63) is 30.6 Å². The van der Waals surface area contributed by atoms with Crippen molar-refractivity contribution in [3.63, 3.8) is 0 Å². The standard InChI is InChI=1S/C10H13N5/c1-3-8-9(11-2)13-6-14-10(8)15-5-4-12-7-15/h4-7H,3H2,1-2H3,(H,11,13,14). The molecule has 0 saturated heterocycles. The Bertz CT molecular complexity index is 435. The van der Waals surface area contributed by atoms with E-state index in [0.717, 1.165) is 23.6 Å². The number of nitrogens with zero attached hydrogens (tertiary/aromatic N) is 4. The summed E-state index contributed by atoms with van der Waals surface area (Å²) < 4.78 is 1.89. The first-order valence-corrected chi connectivity index (χ1v) is 4.86. The summed E-state index contributed by atoms with van der Waals surface area (Å²) in [7, 11) is 1.86. The zero-order valence-corrected chi connectivity index (χ0v) is 8.81. The molecule has 78 valence electrons. The molecular weight excluding hydrogens is 190 g/mol. The second kappa shape index (κ2) is 4.08. The third-order valence-electron chi connectivity index (χ3n) is 2.26. The van der Waals surface area contributed by atoms with E-state index in [0.29, 0.717) is 0 Å². The highest BCUT2D eigenvalue weighted by molar-refractivity contribution is 5.51. The van der Waals surface area contributed by atoms with Gasteiger partial charge in [-0.3, -0.25) is 4.57 Å². The van der Waals surface area contributed by atoms with E-state index < -0.39 is 0 Å². The number of aromatic nitrogens is 4. The molecule has 0 saturated carbocycles. The number of rotatable bonds is 3. The van der Waals surface area contributed by atoms with E-state index in [1.165, 1.54) is 0 Å². The molecule has 5 heteroatoms. The summed E-state index contributed by atoms with van der Waals surface area (Å²) in [5.41, 5.74) is 1.10. The Kier molecular flexibility index (Phi) is 2.62. The van der Waals surface area contributed by atoms with Gasteiger partial charge in [-0.25, -0.2) is 15.0 Å². The van der Waals surface area contributed by atoms with Crippen LogP contribution in [-0.2, 0) is 6.42 Å². The van der Waals surface area contributed by atoms with Crippen LogP contribution in [0.15, 0.2) is 25.0 Å². The molecule has 0 aliphatic rings. The van der Waals surface area contributed by atoms with Gasteiger partial charge in [0, 0.05) is 25.0 Å². The first-order chi connectivity index (χ1) is 7.36. The third kappa shape index (κ3) is 1.68. The monoisotopic (exact) mass is 203 g/mol. The van der Waals surface area contributed by atoms with Gasteiger partial charge in [0.25, 0.3) is 0 Å². The molecule has 2 rings (SSSR count). The number of nitrogens with one attached hydrogen (secondary N) is 1. The first kappa shape index (κ1) is 9.64. The van der Waals surface area contributed by atoms with Gasteiger partial charge in [0.1, 0.15) is 24.3 Å². The highest BCUT2D eigenvalue weighted by Gasteiger charge is 2.09. The van der Waals surface area contributed by atoms with Crippen molar-refractivity contribution in [2.24, 2.45) is 0 Å². The van der Waals surface area contributed by atoms with Crippen molar-refractivity contribution in [3.8, 4) is 5.82 Å². The average Bonchev–Trinajstić information content (AvgIpc) is 2.81. The van der Waals surface area contributed by atoms with Gasteiger partial charge >= 0.3 is 0 Å². The van der Waals surface area contributed by atoms with Crippen molar-refractivity contribution >= 4 is 5.82 Å². The average molecular weight is 203 g/mol.